The standard InChI is InChI=1S/C21H23N3O3/c25-18-8-6-17(7-9-18)24-20(26)14-19(21(24)27)23-12-10-22(11-13-23)15-16-4-2-1-3-5-16/h1-9,19,25H,10-15H2. The van der Waals surface area contributed by atoms with Crippen molar-refractivity contribution in [2.75, 3.05) is 31.1 Å². The summed E-state index contributed by atoms with van der Waals surface area (Å²) in [7, 11) is 0. The molecule has 6 heteroatoms. The van der Waals surface area contributed by atoms with Crippen molar-refractivity contribution in [3.63, 3.8) is 0 Å². The fourth-order valence-electron chi connectivity index (χ4n) is 3.85. The molecule has 1 N–H and O–H groups in total. The molecule has 0 bridgehead atoms. The van der Waals surface area contributed by atoms with Crippen LogP contribution in [0.2, 0.25) is 0 Å². The van der Waals surface area contributed by atoms with Gasteiger partial charge in [0.1, 0.15) is 5.75 Å². The first-order chi connectivity index (χ1) is 13.1. The molecule has 4 rings (SSSR count). The second-order valence-corrected chi connectivity index (χ2v) is 7.10. The van der Waals surface area contributed by atoms with Crippen LogP contribution in [0.15, 0.2) is 54.6 Å². The summed E-state index contributed by atoms with van der Waals surface area (Å²) in [5.41, 5.74) is 1.81. The molecular formula is C21H23N3O3. The molecule has 2 aromatic carbocycles. The highest BCUT2D eigenvalue weighted by molar-refractivity contribution is 6.22. The lowest BCUT2D eigenvalue weighted by atomic mass is 10.1. The van der Waals surface area contributed by atoms with Gasteiger partial charge < -0.3 is 5.11 Å². The SMILES string of the molecule is O=C1CC(N2CCN(Cc3ccccc3)CC2)C(=O)N1c1ccc(O)cc1. The Bertz CT molecular complexity index is 814. The number of piperazine rings is 1. The van der Waals surface area contributed by atoms with Gasteiger partial charge in [0.05, 0.1) is 18.2 Å². The summed E-state index contributed by atoms with van der Waals surface area (Å²) in [5.74, 6) is -0.228. The minimum absolute atomic E-state index is 0.115. The van der Waals surface area contributed by atoms with Crippen LogP contribution in [0.1, 0.15) is 12.0 Å². The van der Waals surface area contributed by atoms with E-state index in [4.69, 9.17) is 0 Å². The van der Waals surface area contributed by atoms with Gasteiger partial charge in [-0.1, -0.05) is 30.3 Å². The Labute approximate surface area is 158 Å². The minimum Gasteiger partial charge on any atom is -0.508 e. The maximum absolute atomic E-state index is 12.9. The number of imide groups is 1. The van der Waals surface area contributed by atoms with E-state index in [-0.39, 0.29) is 30.0 Å². The van der Waals surface area contributed by atoms with E-state index >= 15 is 0 Å². The zero-order chi connectivity index (χ0) is 18.8. The van der Waals surface area contributed by atoms with Crippen molar-refractivity contribution < 1.29 is 14.7 Å². The molecule has 1 atom stereocenters. The third-order valence-electron chi connectivity index (χ3n) is 5.33. The van der Waals surface area contributed by atoms with Crippen molar-refractivity contribution in [1.82, 2.24) is 9.80 Å². The van der Waals surface area contributed by atoms with E-state index in [1.807, 2.05) is 18.2 Å². The number of hydrogen-bond donors (Lipinski definition) is 1. The number of hydrogen-bond acceptors (Lipinski definition) is 5. The molecule has 0 saturated carbocycles. The molecule has 2 aromatic rings. The van der Waals surface area contributed by atoms with Crippen LogP contribution in [0.5, 0.6) is 5.75 Å². The van der Waals surface area contributed by atoms with Gasteiger partial charge in [-0.3, -0.25) is 19.4 Å². The quantitative estimate of drug-likeness (QED) is 0.838. The van der Waals surface area contributed by atoms with Crippen LogP contribution in [0.3, 0.4) is 0 Å². The van der Waals surface area contributed by atoms with Crippen molar-refractivity contribution in [2.45, 2.75) is 19.0 Å². The Hall–Kier alpha value is -2.70. The predicted octanol–water partition coefficient (Wildman–Crippen LogP) is 1.84. The molecule has 6 nitrogen and oxygen atoms in total. The minimum atomic E-state index is -0.384. The molecule has 0 aliphatic carbocycles. The van der Waals surface area contributed by atoms with E-state index in [2.05, 4.69) is 21.9 Å². The van der Waals surface area contributed by atoms with E-state index in [9.17, 15) is 14.7 Å². The van der Waals surface area contributed by atoms with Crippen LogP contribution in [0.4, 0.5) is 5.69 Å². The highest BCUT2D eigenvalue weighted by atomic mass is 16.3. The van der Waals surface area contributed by atoms with E-state index in [1.165, 1.54) is 22.6 Å². The van der Waals surface area contributed by atoms with Gasteiger partial charge in [-0.15, -0.1) is 0 Å². The monoisotopic (exact) mass is 365 g/mol. The average molecular weight is 365 g/mol. The van der Waals surface area contributed by atoms with E-state index in [0.29, 0.717) is 5.69 Å². The second-order valence-electron chi connectivity index (χ2n) is 7.10. The number of aromatic hydroxyl groups is 1. The number of carbonyl (C=O) groups is 2. The van der Waals surface area contributed by atoms with Gasteiger partial charge in [0.15, 0.2) is 0 Å². The van der Waals surface area contributed by atoms with Crippen molar-refractivity contribution in [3.05, 3.63) is 60.2 Å². The largest absolute Gasteiger partial charge is 0.508 e. The van der Waals surface area contributed by atoms with Gasteiger partial charge in [-0.2, -0.15) is 0 Å². The van der Waals surface area contributed by atoms with Crippen LogP contribution in [0.25, 0.3) is 0 Å². The second kappa shape index (κ2) is 7.50. The Morgan fingerprint density at radius 2 is 1.56 bits per heavy atom. The number of rotatable bonds is 4. The lowest BCUT2D eigenvalue weighted by Gasteiger charge is -2.37. The summed E-state index contributed by atoms with van der Waals surface area (Å²) in [6, 6.07) is 16.2. The molecule has 2 amide bonds. The molecule has 0 aromatic heterocycles. The van der Waals surface area contributed by atoms with Gasteiger partial charge in [0.2, 0.25) is 5.91 Å². The summed E-state index contributed by atoms with van der Waals surface area (Å²) in [4.78, 5) is 31.1. The summed E-state index contributed by atoms with van der Waals surface area (Å²) >= 11 is 0. The number of phenols is 1. The number of benzene rings is 2. The lowest BCUT2D eigenvalue weighted by molar-refractivity contribution is -0.123. The molecule has 140 valence electrons. The van der Waals surface area contributed by atoms with Crippen LogP contribution in [-0.2, 0) is 16.1 Å². The molecule has 2 heterocycles. The van der Waals surface area contributed by atoms with Crippen molar-refractivity contribution in [2.24, 2.45) is 0 Å². The van der Waals surface area contributed by atoms with Crippen molar-refractivity contribution in [1.29, 1.82) is 0 Å². The molecule has 0 spiro atoms. The summed E-state index contributed by atoms with van der Waals surface area (Å²) in [6.07, 6.45) is 0.221. The number of phenolic OH excluding ortho intramolecular Hbond substituents is 1. The van der Waals surface area contributed by atoms with E-state index < -0.39 is 0 Å². The first kappa shape index (κ1) is 17.7. The van der Waals surface area contributed by atoms with Crippen LogP contribution in [-0.4, -0.2) is 58.9 Å². The highest BCUT2D eigenvalue weighted by Gasteiger charge is 2.43. The number of carbonyl (C=O) groups excluding carboxylic acids is 2. The van der Waals surface area contributed by atoms with E-state index in [1.54, 1.807) is 12.1 Å². The van der Waals surface area contributed by atoms with Gasteiger partial charge in [0.25, 0.3) is 5.91 Å². The topological polar surface area (TPSA) is 64.1 Å². The normalized spacial score (nSPS) is 21.8. The molecule has 27 heavy (non-hydrogen) atoms. The smallest absolute Gasteiger partial charge is 0.251 e. The van der Waals surface area contributed by atoms with Crippen LogP contribution in [0, 0.1) is 0 Å². The molecule has 0 radical (unpaired) electrons. The van der Waals surface area contributed by atoms with Gasteiger partial charge in [-0.05, 0) is 29.8 Å². The van der Waals surface area contributed by atoms with Gasteiger partial charge >= 0.3 is 0 Å². The zero-order valence-corrected chi connectivity index (χ0v) is 15.1. The van der Waals surface area contributed by atoms with Crippen molar-refractivity contribution in [3.8, 4) is 5.75 Å². The number of amides is 2. The fourth-order valence-corrected chi connectivity index (χ4v) is 3.85. The summed E-state index contributed by atoms with van der Waals surface area (Å²) < 4.78 is 0. The first-order valence-corrected chi connectivity index (χ1v) is 9.28. The first-order valence-electron chi connectivity index (χ1n) is 9.28. The zero-order valence-electron chi connectivity index (χ0n) is 15.1. The third kappa shape index (κ3) is 3.72. The van der Waals surface area contributed by atoms with Gasteiger partial charge in [0, 0.05) is 32.7 Å². The third-order valence-corrected chi connectivity index (χ3v) is 5.33. The maximum atomic E-state index is 12.9. The van der Waals surface area contributed by atoms with Crippen molar-refractivity contribution >= 4 is 17.5 Å². The highest BCUT2D eigenvalue weighted by Crippen LogP contribution is 2.27. The Balaban J connectivity index is 1.38. The molecule has 2 fully saturated rings. The number of anilines is 1. The van der Waals surface area contributed by atoms with Crippen LogP contribution < -0.4 is 4.90 Å². The maximum Gasteiger partial charge on any atom is 0.251 e. The average Bonchev–Trinajstić information content (AvgIpc) is 2.98. The molecule has 2 aliphatic heterocycles. The fraction of sp³-hybridized carbons (Fsp3) is 0.333. The Morgan fingerprint density at radius 3 is 2.22 bits per heavy atom. The molecule has 2 aliphatic rings. The van der Waals surface area contributed by atoms with Gasteiger partial charge in [-0.25, -0.2) is 4.90 Å². The lowest BCUT2D eigenvalue weighted by Crippen LogP contribution is -2.52. The summed E-state index contributed by atoms with van der Waals surface area (Å²) in [5, 5.41) is 9.42. The molecule has 1 unspecified atom stereocenters. The van der Waals surface area contributed by atoms with Crippen LogP contribution >= 0.6 is 0 Å². The van der Waals surface area contributed by atoms with E-state index in [0.717, 1.165) is 32.7 Å². The molecular weight excluding hydrogens is 342 g/mol. The predicted molar refractivity (Wildman–Crippen MR) is 102 cm³/mol. The molecule has 2 saturated heterocycles. The Morgan fingerprint density at radius 1 is 0.889 bits per heavy atom. The number of nitrogens with zero attached hydrogens (tertiary/aromatic N) is 3. The summed E-state index contributed by atoms with van der Waals surface area (Å²) in [6.45, 7) is 4.23. The Kier molecular flexibility index (Phi) is 4.92.